The quantitative estimate of drug-likeness (QED) is 0.644. The third-order valence-corrected chi connectivity index (χ3v) is 7.75. The maximum atomic E-state index is 12.1. The minimum atomic E-state index is -3.56. The molecule has 0 amide bonds. The summed E-state index contributed by atoms with van der Waals surface area (Å²) in [6.45, 7) is 2.03. The van der Waals surface area contributed by atoms with Gasteiger partial charge in [0.15, 0.2) is 0 Å². The largest absolute Gasteiger partial charge is 0.394 e. The van der Waals surface area contributed by atoms with Crippen molar-refractivity contribution in [1.82, 2.24) is 0 Å². The second kappa shape index (κ2) is 6.49. The van der Waals surface area contributed by atoms with Gasteiger partial charge in [-0.2, -0.15) is 0 Å². The van der Waals surface area contributed by atoms with Gasteiger partial charge in [-0.1, -0.05) is 19.1 Å². The molecule has 0 saturated carbocycles. The molecule has 0 saturated heterocycles. The van der Waals surface area contributed by atoms with Crippen molar-refractivity contribution >= 4 is 57.6 Å². The highest BCUT2D eigenvalue weighted by Crippen LogP contribution is 2.44. The number of hydrogen-bond acceptors (Lipinski definition) is 4. The average Bonchev–Trinajstić information content (AvgIpc) is 2.25. The van der Waals surface area contributed by atoms with E-state index in [1.807, 2.05) is 6.92 Å². The number of sulfone groups is 1. The van der Waals surface area contributed by atoms with Gasteiger partial charge in [0.1, 0.15) is 0 Å². The van der Waals surface area contributed by atoms with E-state index in [1.165, 1.54) is 6.08 Å². The van der Waals surface area contributed by atoms with Crippen molar-refractivity contribution in [3.8, 4) is 0 Å². The van der Waals surface area contributed by atoms with Crippen molar-refractivity contribution in [3.05, 3.63) is 23.1 Å². The smallest absolute Gasteiger partial charge is 0.239 e. The van der Waals surface area contributed by atoms with Gasteiger partial charge in [0.05, 0.1) is 24.2 Å². The first-order valence-electron chi connectivity index (χ1n) is 5.14. The lowest BCUT2D eigenvalue weighted by atomic mass is 10.00. The minimum Gasteiger partial charge on any atom is -0.394 e. The van der Waals surface area contributed by atoms with Crippen molar-refractivity contribution in [2.75, 3.05) is 13.2 Å². The molecule has 0 aromatic heterocycles. The highest BCUT2D eigenvalue weighted by molar-refractivity contribution is 9.42. The molecule has 0 radical (unpaired) electrons. The van der Waals surface area contributed by atoms with Gasteiger partial charge in [-0.05, 0) is 53.9 Å². The van der Waals surface area contributed by atoms with Gasteiger partial charge in [-0.15, -0.1) is 0 Å². The number of aliphatic hydroxyl groups excluding tert-OH is 1. The molecular formula is C10H13Br3O4S. The summed E-state index contributed by atoms with van der Waals surface area (Å²) in [6, 6.07) is 0. The van der Waals surface area contributed by atoms with E-state index in [0.717, 1.165) is 0 Å². The lowest BCUT2D eigenvalue weighted by Crippen LogP contribution is -2.26. The first-order chi connectivity index (χ1) is 8.20. The summed E-state index contributed by atoms with van der Waals surface area (Å²) in [5.74, 6) is -0.0822. The van der Waals surface area contributed by atoms with E-state index in [4.69, 9.17) is 9.84 Å². The number of hydrogen-bond donors (Lipinski definition) is 1. The van der Waals surface area contributed by atoms with Gasteiger partial charge in [0.25, 0.3) is 0 Å². The van der Waals surface area contributed by atoms with E-state index >= 15 is 0 Å². The Kier molecular flexibility index (Phi) is 6.08. The molecule has 0 spiro atoms. The predicted molar refractivity (Wildman–Crippen MR) is 81.6 cm³/mol. The third-order valence-electron chi connectivity index (χ3n) is 2.41. The Labute approximate surface area is 132 Å². The van der Waals surface area contributed by atoms with Crippen molar-refractivity contribution in [2.45, 2.75) is 14.5 Å². The van der Waals surface area contributed by atoms with Gasteiger partial charge < -0.3 is 9.84 Å². The number of allylic oxidation sites excluding steroid dienone is 1. The van der Waals surface area contributed by atoms with Gasteiger partial charge in [0.2, 0.25) is 11.3 Å². The summed E-state index contributed by atoms with van der Waals surface area (Å²) in [5, 5.41) is 8.69. The molecule has 0 heterocycles. The maximum absolute atomic E-state index is 12.1. The Morgan fingerprint density at radius 1 is 1.44 bits per heavy atom. The summed E-state index contributed by atoms with van der Waals surface area (Å²) >= 11 is 9.06. The zero-order valence-electron chi connectivity index (χ0n) is 9.52. The van der Waals surface area contributed by atoms with Crippen LogP contribution < -0.4 is 0 Å². The minimum absolute atomic E-state index is 0.0563. The van der Waals surface area contributed by atoms with Gasteiger partial charge in [-0.25, -0.2) is 8.42 Å². The molecule has 4 nitrogen and oxygen atoms in total. The van der Waals surface area contributed by atoms with Crippen LogP contribution in [0.5, 0.6) is 0 Å². The van der Waals surface area contributed by atoms with E-state index in [0.29, 0.717) is 0 Å². The monoisotopic (exact) mass is 466 g/mol. The van der Waals surface area contributed by atoms with E-state index in [1.54, 1.807) is 12.2 Å². The second-order valence-corrected chi connectivity index (χ2v) is 14.2. The zero-order valence-corrected chi connectivity index (χ0v) is 15.1. The van der Waals surface area contributed by atoms with Gasteiger partial charge >= 0.3 is 0 Å². The van der Waals surface area contributed by atoms with Crippen LogP contribution in [0.15, 0.2) is 23.1 Å². The molecule has 1 rings (SSSR count). The first kappa shape index (κ1) is 16.8. The lowest BCUT2D eigenvalue weighted by molar-refractivity contribution is 0.0362. The maximum Gasteiger partial charge on any atom is 0.239 e. The fourth-order valence-corrected chi connectivity index (χ4v) is 4.08. The Hall–Kier alpha value is 0.790. The summed E-state index contributed by atoms with van der Waals surface area (Å²) in [7, 11) is -3.56. The molecular weight excluding hydrogens is 456 g/mol. The fraction of sp³-hybridized carbons (Fsp3) is 0.600. The fourth-order valence-electron chi connectivity index (χ4n) is 1.48. The molecule has 0 bridgehead atoms. The summed E-state index contributed by atoms with van der Waals surface area (Å²) < 4.78 is 28.3. The molecule has 18 heavy (non-hydrogen) atoms. The van der Waals surface area contributed by atoms with Crippen molar-refractivity contribution < 1.29 is 18.3 Å². The molecule has 1 aliphatic carbocycles. The SMILES string of the molecule is CC1C=C(S(=O)(=O)C(Br)(Br)Br)C=CC1OCCO. The van der Waals surface area contributed by atoms with Crippen molar-refractivity contribution in [1.29, 1.82) is 0 Å². The van der Waals surface area contributed by atoms with E-state index in [9.17, 15) is 8.42 Å². The highest BCUT2D eigenvalue weighted by Gasteiger charge is 2.39. The van der Waals surface area contributed by atoms with E-state index < -0.39 is 11.3 Å². The van der Waals surface area contributed by atoms with E-state index in [2.05, 4.69) is 47.8 Å². The van der Waals surface area contributed by atoms with Crippen LogP contribution in [0.2, 0.25) is 0 Å². The molecule has 1 aliphatic rings. The Morgan fingerprint density at radius 2 is 2.06 bits per heavy atom. The molecule has 2 unspecified atom stereocenters. The average molecular weight is 469 g/mol. The van der Waals surface area contributed by atoms with Gasteiger partial charge in [0, 0.05) is 5.92 Å². The second-order valence-electron chi connectivity index (χ2n) is 3.80. The Morgan fingerprint density at radius 3 is 2.50 bits per heavy atom. The van der Waals surface area contributed by atoms with Crippen LogP contribution in [0.3, 0.4) is 0 Å². The van der Waals surface area contributed by atoms with Crippen molar-refractivity contribution in [2.24, 2.45) is 5.92 Å². The summed E-state index contributed by atoms with van der Waals surface area (Å²) in [4.78, 5) is 0.212. The molecule has 104 valence electrons. The highest BCUT2D eigenvalue weighted by atomic mass is 80.0. The van der Waals surface area contributed by atoms with Crippen LogP contribution in [-0.2, 0) is 14.6 Å². The topological polar surface area (TPSA) is 63.6 Å². The molecule has 0 aromatic rings. The number of ether oxygens (including phenoxy) is 1. The van der Waals surface area contributed by atoms with Crippen LogP contribution in [0, 0.1) is 5.92 Å². The standard InChI is InChI=1S/C10H13Br3O4S/c1-7-6-8(18(15,16)10(11,12)13)2-3-9(7)17-5-4-14/h2-3,6-7,9,14H,4-5H2,1H3. The molecule has 2 atom stereocenters. The number of halogens is 3. The first-order valence-corrected chi connectivity index (χ1v) is 9.00. The predicted octanol–water partition coefficient (Wildman–Crippen LogP) is 2.66. The zero-order chi connectivity index (χ0) is 14.0. The number of alkyl halides is 3. The Bertz CT molecular complexity index is 450. The Balaban J connectivity index is 2.89. The van der Waals surface area contributed by atoms with Crippen LogP contribution in [0.1, 0.15) is 6.92 Å². The van der Waals surface area contributed by atoms with Crippen molar-refractivity contribution in [3.63, 3.8) is 0 Å². The third kappa shape index (κ3) is 3.89. The van der Waals surface area contributed by atoms with Crippen LogP contribution in [-0.4, -0.2) is 34.3 Å². The van der Waals surface area contributed by atoms with Crippen LogP contribution in [0.25, 0.3) is 0 Å². The normalized spacial score (nSPS) is 25.1. The van der Waals surface area contributed by atoms with E-state index in [-0.39, 0.29) is 30.1 Å². The van der Waals surface area contributed by atoms with Crippen LogP contribution >= 0.6 is 47.8 Å². The number of rotatable bonds is 4. The number of aliphatic hydroxyl groups is 1. The van der Waals surface area contributed by atoms with Crippen LogP contribution in [0.4, 0.5) is 0 Å². The molecule has 0 aliphatic heterocycles. The molecule has 0 aromatic carbocycles. The summed E-state index contributed by atoms with van der Waals surface area (Å²) in [5.41, 5.74) is 0. The lowest BCUT2D eigenvalue weighted by Gasteiger charge is -2.24. The van der Waals surface area contributed by atoms with Gasteiger partial charge in [-0.3, -0.25) is 0 Å². The summed E-state index contributed by atoms with van der Waals surface area (Å²) in [6.07, 6.45) is 4.61. The molecule has 8 heteroatoms. The molecule has 0 fully saturated rings. The molecule has 1 N–H and O–H groups in total.